The van der Waals surface area contributed by atoms with E-state index >= 15 is 0 Å². The Bertz CT molecular complexity index is 1070. The maximum absolute atomic E-state index is 9.94. The Morgan fingerprint density at radius 3 is 2.18 bits per heavy atom. The predicted octanol–water partition coefficient (Wildman–Crippen LogP) is 6.85. The number of hydrogen-bond acceptors (Lipinski definition) is 3. The topological polar surface area (TPSA) is 39.9 Å². The van der Waals surface area contributed by atoms with Crippen LogP contribution in [0.3, 0.4) is 0 Å². The van der Waals surface area contributed by atoms with Gasteiger partial charge in [0.05, 0.1) is 15.7 Å². The molecule has 0 aliphatic carbocycles. The lowest BCUT2D eigenvalue weighted by Gasteiger charge is -2.21. The second kappa shape index (κ2) is 8.01. The van der Waals surface area contributed by atoms with Gasteiger partial charge in [-0.3, -0.25) is 0 Å². The van der Waals surface area contributed by atoms with Gasteiger partial charge < -0.3 is 4.90 Å². The average molecular weight is 429 g/mol. The van der Waals surface area contributed by atoms with Crippen molar-refractivity contribution in [3.05, 3.63) is 69.2 Å². The van der Waals surface area contributed by atoms with Crippen LogP contribution in [0.2, 0.25) is 15.1 Å². The zero-order valence-corrected chi connectivity index (χ0v) is 17.2. The monoisotopic (exact) mass is 427 g/mol. The van der Waals surface area contributed by atoms with E-state index < -0.39 is 0 Å². The SMILES string of the molecule is N#Cc1c(-c2ccc(Cl)cc2)cc(-c2ccc(Cl)c(Cl)c2)nc1N1CCCC1. The molecule has 0 radical (unpaired) electrons. The van der Waals surface area contributed by atoms with Crippen LogP contribution < -0.4 is 4.90 Å². The lowest BCUT2D eigenvalue weighted by molar-refractivity contribution is 0.936. The fraction of sp³-hybridized carbons (Fsp3) is 0.182. The summed E-state index contributed by atoms with van der Waals surface area (Å²) in [4.78, 5) is 7.03. The number of anilines is 1. The highest BCUT2D eigenvalue weighted by molar-refractivity contribution is 6.42. The smallest absolute Gasteiger partial charge is 0.147 e. The van der Waals surface area contributed by atoms with E-state index in [9.17, 15) is 5.26 Å². The minimum absolute atomic E-state index is 0.473. The molecule has 0 bridgehead atoms. The van der Waals surface area contributed by atoms with Crippen LogP contribution in [0.4, 0.5) is 5.82 Å². The van der Waals surface area contributed by atoms with E-state index in [1.54, 1.807) is 12.1 Å². The largest absolute Gasteiger partial charge is 0.355 e. The summed E-state index contributed by atoms with van der Waals surface area (Å²) in [5.74, 6) is 0.716. The number of rotatable bonds is 3. The summed E-state index contributed by atoms with van der Waals surface area (Å²) in [7, 11) is 0. The predicted molar refractivity (Wildman–Crippen MR) is 116 cm³/mol. The number of aromatic nitrogens is 1. The number of nitrogens with zero attached hydrogens (tertiary/aromatic N) is 3. The summed E-state index contributed by atoms with van der Waals surface area (Å²) >= 11 is 18.4. The number of halogens is 3. The van der Waals surface area contributed by atoms with Crippen LogP contribution in [0.15, 0.2) is 48.5 Å². The van der Waals surface area contributed by atoms with Crippen LogP contribution in [-0.4, -0.2) is 18.1 Å². The second-order valence-electron chi connectivity index (χ2n) is 6.70. The molecular weight excluding hydrogens is 413 g/mol. The Labute approximate surface area is 179 Å². The molecule has 0 spiro atoms. The van der Waals surface area contributed by atoms with Crippen molar-refractivity contribution in [3.63, 3.8) is 0 Å². The van der Waals surface area contributed by atoms with Crippen molar-refractivity contribution in [2.45, 2.75) is 12.8 Å². The van der Waals surface area contributed by atoms with Gasteiger partial charge in [0.25, 0.3) is 0 Å². The van der Waals surface area contributed by atoms with Crippen molar-refractivity contribution in [1.29, 1.82) is 5.26 Å². The van der Waals surface area contributed by atoms with Gasteiger partial charge in [-0.05, 0) is 48.7 Å². The molecule has 2 aromatic carbocycles. The third-order valence-electron chi connectivity index (χ3n) is 4.89. The molecule has 1 saturated heterocycles. The van der Waals surface area contributed by atoms with E-state index in [4.69, 9.17) is 39.8 Å². The molecule has 28 heavy (non-hydrogen) atoms. The summed E-state index contributed by atoms with van der Waals surface area (Å²) in [6, 6.07) is 17.3. The Balaban J connectivity index is 1.95. The standard InChI is InChI=1S/C22H16Cl3N3/c23-16-6-3-14(4-7-16)17-12-21(15-5-8-19(24)20(25)11-15)27-22(18(17)13-26)28-9-1-2-10-28/h3-8,11-12H,1-2,9-10H2. The number of nitriles is 1. The van der Waals surface area contributed by atoms with Gasteiger partial charge in [0.15, 0.2) is 0 Å². The van der Waals surface area contributed by atoms with E-state index in [-0.39, 0.29) is 0 Å². The summed E-state index contributed by atoms with van der Waals surface area (Å²) in [5.41, 5.74) is 3.94. The molecule has 1 aliphatic heterocycles. The highest BCUT2D eigenvalue weighted by Gasteiger charge is 2.22. The minimum Gasteiger partial charge on any atom is -0.355 e. The molecule has 0 saturated carbocycles. The molecule has 0 N–H and O–H groups in total. The van der Waals surface area contributed by atoms with Crippen molar-refractivity contribution < 1.29 is 0 Å². The van der Waals surface area contributed by atoms with Crippen LogP contribution in [-0.2, 0) is 0 Å². The van der Waals surface area contributed by atoms with E-state index in [2.05, 4.69) is 11.0 Å². The second-order valence-corrected chi connectivity index (χ2v) is 7.95. The summed E-state index contributed by atoms with van der Waals surface area (Å²) < 4.78 is 0. The molecule has 0 atom stereocenters. The lowest BCUT2D eigenvalue weighted by Crippen LogP contribution is -2.21. The van der Waals surface area contributed by atoms with Crippen molar-refractivity contribution in [2.24, 2.45) is 0 Å². The van der Waals surface area contributed by atoms with Crippen LogP contribution in [0.25, 0.3) is 22.4 Å². The van der Waals surface area contributed by atoms with Gasteiger partial charge in [0, 0.05) is 29.2 Å². The first kappa shape index (κ1) is 19.1. The third kappa shape index (κ3) is 3.69. The first-order chi connectivity index (χ1) is 13.6. The summed E-state index contributed by atoms with van der Waals surface area (Å²) in [5, 5.41) is 11.6. The molecule has 140 valence electrons. The molecule has 2 heterocycles. The van der Waals surface area contributed by atoms with Gasteiger partial charge in [-0.25, -0.2) is 4.98 Å². The first-order valence-electron chi connectivity index (χ1n) is 8.98. The van der Waals surface area contributed by atoms with Crippen molar-refractivity contribution in [3.8, 4) is 28.5 Å². The van der Waals surface area contributed by atoms with Gasteiger partial charge in [0.1, 0.15) is 17.5 Å². The highest BCUT2D eigenvalue weighted by Crippen LogP contribution is 2.36. The lowest BCUT2D eigenvalue weighted by atomic mass is 9.98. The maximum Gasteiger partial charge on any atom is 0.147 e. The Morgan fingerprint density at radius 1 is 0.857 bits per heavy atom. The van der Waals surface area contributed by atoms with Crippen LogP contribution in [0, 0.1) is 11.3 Å². The van der Waals surface area contributed by atoms with Gasteiger partial charge in [-0.15, -0.1) is 0 Å². The Morgan fingerprint density at radius 2 is 1.54 bits per heavy atom. The van der Waals surface area contributed by atoms with Crippen LogP contribution in [0.1, 0.15) is 18.4 Å². The van der Waals surface area contributed by atoms with Crippen LogP contribution >= 0.6 is 34.8 Å². The molecule has 4 rings (SSSR count). The minimum atomic E-state index is 0.473. The van der Waals surface area contributed by atoms with Gasteiger partial charge in [-0.1, -0.05) is 53.0 Å². The van der Waals surface area contributed by atoms with E-state index in [1.807, 2.05) is 36.4 Å². The highest BCUT2D eigenvalue weighted by atomic mass is 35.5. The Kier molecular flexibility index (Phi) is 5.46. The van der Waals surface area contributed by atoms with E-state index in [1.165, 1.54) is 0 Å². The molecule has 1 aromatic heterocycles. The van der Waals surface area contributed by atoms with E-state index in [0.29, 0.717) is 26.4 Å². The normalized spacial score (nSPS) is 13.6. The summed E-state index contributed by atoms with van der Waals surface area (Å²) in [6.45, 7) is 1.79. The molecule has 0 unspecified atom stereocenters. The van der Waals surface area contributed by atoms with Crippen LogP contribution in [0.5, 0.6) is 0 Å². The molecule has 3 aromatic rings. The van der Waals surface area contributed by atoms with Gasteiger partial charge in [0.2, 0.25) is 0 Å². The van der Waals surface area contributed by atoms with Crippen molar-refractivity contribution in [1.82, 2.24) is 4.98 Å². The zero-order chi connectivity index (χ0) is 19.7. The first-order valence-corrected chi connectivity index (χ1v) is 10.1. The number of hydrogen-bond donors (Lipinski definition) is 0. The molecule has 1 fully saturated rings. The fourth-order valence-electron chi connectivity index (χ4n) is 3.46. The number of pyridine rings is 1. The van der Waals surface area contributed by atoms with Gasteiger partial charge in [-0.2, -0.15) is 5.26 Å². The summed E-state index contributed by atoms with van der Waals surface area (Å²) in [6.07, 6.45) is 2.19. The van der Waals surface area contributed by atoms with Crippen molar-refractivity contribution in [2.75, 3.05) is 18.0 Å². The average Bonchev–Trinajstić information content (AvgIpc) is 3.24. The van der Waals surface area contributed by atoms with Crippen molar-refractivity contribution >= 4 is 40.6 Å². The fourth-order valence-corrected chi connectivity index (χ4v) is 3.88. The maximum atomic E-state index is 9.94. The van der Waals surface area contributed by atoms with Gasteiger partial charge >= 0.3 is 0 Å². The Hall–Kier alpha value is -2.25. The molecule has 6 heteroatoms. The third-order valence-corrected chi connectivity index (χ3v) is 5.88. The molecular formula is C22H16Cl3N3. The van der Waals surface area contributed by atoms with E-state index in [0.717, 1.165) is 48.3 Å². The zero-order valence-electron chi connectivity index (χ0n) is 14.9. The quantitative estimate of drug-likeness (QED) is 0.458. The molecule has 3 nitrogen and oxygen atoms in total. The molecule has 1 aliphatic rings. The number of benzene rings is 2. The molecule has 0 amide bonds.